The smallest absolute Gasteiger partial charge is 0.340 e. The molecule has 8 heteroatoms. The van der Waals surface area contributed by atoms with Gasteiger partial charge in [0.2, 0.25) is 10.0 Å². The van der Waals surface area contributed by atoms with E-state index in [1.54, 1.807) is 44.2 Å². The van der Waals surface area contributed by atoms with Crippen LogP contribution in [0.3, 0.4) is 0 Å². The monoisotopic (exact) mass is 444 g/mol. The maximum absolute atomic E-state index is 13.1. The molecule has 0 spiro atoms. The van der Waals surface area contributed by atoms with Gasteiger partial charge in [0.25, 0.3) is 5.91 Å². The van der Waals surface area contributed by atoms with Gasteiger partial charge < -0.3 is 10.1 Å². The molecule has 1 aliphatic heterocycles. The molecule has 31 heavy (non-hydrogen) atoms. The Kier molecular flexibility index (Phi) is 7.12. The predicted molar refractivity (Wildman–Crippen MR) is 119 cm³/mol. The van der Waals surface area contributed by atoms with Crippen LogP contribution in [0.5, 0.6) is 0 Å². The van der Waals surface area contributed by atoms with Gasteiger partial charge in [-0.1, -0.05) is 25.1 Å². The van der Waals surface area contributed by atoms with Gasteiger partial charge in [-0.15, -0.1) is 0 Å². The zero-order valence-corrected chi connectivity index (χ0v) is 18.9. The van der Waals surface area contributed by atoms with E-state index >= 15 is 0 Å². The van der Waals surface area contributed by atoms with Gasteiger partial charge in [-0.05, 0) is 62.4 Å². The van der Waals surface area contributed by atoms with Crippen LogP contribution in [-0.2, 0) is 14.8 Å². The molecule has 0 saturated carbocycles. The number of hydrogen-bond donors (Lipinski definition) is 1. The number of aryl methyl sites for hydroxylation is 1. The largest absolute Gasteiger partial charge is 0.462 e. The van der Waals surface area contributed by atoms with E-state index in [1.165, 1.54) is 16.4 Å². The fourth-order valence-electron chi connectivity index (χ4n) is 3.55. The van der Waals surface area contributed by atoms with Crippen molar-refractivity contribution in [2.75, 3.05) is 25.0 Å². The van der Waals surface area contributed by atoms with Gasteiger partial charge in [0.15, 0.2) is 0 Å². The maximum Gasteiger partial charge on any atom is 0.340 e. The molecule has 1 N–H and O–H groups in total. The molecule has 0 bridgehead atoms. The van der Waals surface area contributed by atoms with Gasteiger partial charge in [0, 0.05) is 18.7 Å². The molecule has 2 aromatic carbocycles. The number of carbonyl (C=O) groups is 2. The molecule has 7 nitrogen and oxygen atoms in total. The number of nitrogens with zero attached hydrogens (tertiary/aromatic N) is 1. The van der Waals surface area contributed by atoms with Crippen molar-refractivity contribution in [1.82, 2.24) is 4.31 Å². The van der Waals surface area contributed by atoms with Crippen molar-refractivity contribution in [3.63, 3.8) is 0 Å². The minimum Gasteiger partial charge on any atom is -0.462 e. The quantitative estimate of drug-likeness (QED) is 0.684. The Morgan fingerprint density at radius 2 is 1.77 bits per heavy atom. The summed E-state index contributed by atoms with van der Waals surface area (Å²) >= 11 is 0. The molecule has 1 heterocycles. The first-order valence-corrected chi connectivity index (χ1v) is 11.9. The number of amides is 1. The SMILES string of the molecule is CCOC(=O)c1ccccc1NC(=O)c1cc(S(=O)(=O)N2CCC(C)CC2)ccc1C. The fourth-order valence-corrected chi connectivity index (χ4v) is 5.05. The highest BCUT2D eigenvalue weighted by Gasteiger charge is 2.29. The molecular weight excluding hydrogens is 416 g/mol. The van der Waals surface area contributed by atoms with Crippen molar-refractivity contribution in [3.05, 3.63) is 59.2 Å². The summed E-state index contributed by atoms with van der Waals surface area (Å²) in [6.45, 7) is 6.74. The first kappa shape index (κ1) is 23.0. The summed E-state index contributed by atoms with van der Waals surface area (Å²) in [6, 6.07) is 11.1. The molecule has 1 fully saturated rings. The van der Waals surface area contributed by atoms with E-state index in [4.69, 9.17) is 4.74 Å². The number of para-hydroxylation sites is 1. The summed E-state index contributed by atoms with van der Waals surface area (Å²) < 4.78 is 32.7. The lowest BCUT2D eigenvalue weighted by atomic mass is 10.0. The number of hydrogen-bond acceptors (Lipinski definition) is 5. The van der Waals surface area contributed by atoms with Gasteiger partial charge >= 0.3 is 5.97 Å². The third-order valence-electron chi connectivity index (χ3n) is 5.50. The molecule has 0 unspecified atom stereocenters. The highest BCUT2D eigenvalue weighted by Crippen LogP contribution is 2.26. The molecule has 1 saturated heterocycles. The lowest BCUT2D eigenvalue weighted by Gasteiger charge is -2.29. The first-order valence-electron chi connectivity index (χ1n) is 10.4. The Labute approximate surface area is 183 Å². The average molecular weight is 445 g/mol. The Balaban J connectivity index is 1.87. The number of anilines is 1. The van der Waals surface area contributed by atoms with E-state index in [0.717, 1.165) is 12.8 Å². The third-order valence-corrected chi connectivity index (χ3v) is 7.40. The van der Waals surface area contributed by atoms with Crippen LogP contribution in [0.1, 0.15) is 53.0 Å². The third kappa shape index (κ3) is 5.14. The number of benzene rings is 2. The lowest BCUT2D eigenvalue weighted by Crippen LogP contribution is -2.38. The highest BCUT2D eigenvalue weighted by atomic mass is 32.2. The van der Waals surface area contributed by atoms with E-state index in [2.05, 4.69) is 12.2 Å². The van der Waals surface area contributed by atoms with Crippen LogP contribution in [0.15, 0.2) is 47.4 Å². The summed E-state index contributed by atoms with van der Waals surface area (Å²) in [5, 5.41) is 2.72. The van der Waals surface area contributed by atoms with Crippen LogP contribution in [-0.4, -0.2) is 44.3 Å². The summed E-state index contributed by atoms with van der Waals surface area (Å²) in [5.41, 5.74) is 1.42. The zero-order chi connectivity index (χ0) is 22.6. The Hall–Kier alpha value is -2.71. The molecule has 1 amide bonds. The van der Waals surface area contributed by atoms with Gasteiger partial charge in [-0.3, -0.25) is 4.79 Å². The summed E-state index contributed by atoms with van der Waals surface area (Å²) in [7, 11) is -3.68. The minimum atomic E-state index is -3.68. The van der Waals surface area contributed by atoms with E-state index in [9.17, 15) is 18.0 Å². The second-order valence-corrected chi connectivity index (χ2v) is 9.72. The highest BCUT2D eigenvalue weighted by molar-refractivity contribution is 7.89. The number of nitrogens with one attached hydrogen (secondary N) is 1. The van der Waals surface area contributed by atoms with Crippen LogP contribution >= 0.6 is 0 Å². The number of esters is 1. The summed E-state index contributed by atoms with van der Waals surface area (Å²) in [4.78, 5) is 25.3. The molecule has 1 aliphatic rings. The molecular formula is C23H28N2O5S. The Morgan fingerprint density at radius 3 is 2.45 bits per heavy atom. The van der Waals surface area contributed by atoms with Gasteiger partial charge in [0.05, 0.1) is 22.8 Å². The van der Waals surface area contributed by atoms with Crippen molar-refractivity contribution < 1.29 is 22.7 Å². The van der Waals surface area contributed by atoms with Gasteiger partial charge in [-0.2, -0.15) is 4.31 Å². The second-order valence-electron chi connectivity index (χ2n) is 7.78. The number of piperidine rings is 1. The standard InChI is InChI=1S/C23H28N2O5S/c1-4-30-23(27)19-7-5-6-8-21(19)24-22(26)20-15-18(10-9-17(20)3)31(28,29)25-13-11-16(2)12-14-25/h5-10,15-16H,4,11-14H2,1-3H3,(H,24,26). The van der Waals surface area contributed by atoms with Crippen LogP contribution in [0, 0.1) is 12.8 Å². The van der Waals surface area contributed by atoms with Crippen molar-refractivity contribution >= 4 is 27.6 Å². The van der Waals surface area contributed by atoms with Crippen LogP contribution < -0.4 is 5.32 Å². The predicted octanol–water partition coefficient (Wildman–Crippen LogP) is 3.84. The topological polar surface area (TPSA) is 92.8 Å². The normalized spacial score (nSPS) is 15.5. The van der Waals surface area contributed by atoms with E-state index in [-0.39, 0.29) is 22.6 Å². The van der Waals surface area contributed by atoms with E-state index < -0.39 is 21.9 Å². The summed E-state index contributed by atoms with van der Waals surface area (Å²) in [6.07, 6.45) is 1.64. The minimum absolute atomic E-state index is 0.0940. The molecule has 0 atom stereocenters. The van der Waals surface area contributed by atoms with E-state index in [0.29, 0.717) is 30.3 Å². The van der Waals surface area contributed by atoms with Crippen molar-refractivity contribution in [1.29, 1.82) is 0 Å². The van der Waals surface area contributed by atoms with Crippen molar-refractivity contribution in [2.24, 2.45) is 5.92 Å². The van der Waals surface area contributed by atoms with Gasteiger partial charge in [-0.25, -0.2) is 13.2 Å². The summed E-state index contributed by atoms with van der Waals surface area (Å²) in [5.74, 6) is -0.519. The second kappa shape index (κ2) is 9.62. The molecule has 3 rings (SSSR count). The number of sulfonamides is 1. The molecule has 0 radical (unpaired) electrons. The van der Waals surface area contributed by atoms with Crippen LogP contribution in [0.25, 0.3) is 0 Å². The first-order chi connectivity index (χ1) is 14.7. The van der Waals surface area contributed by atoms with Crippen LogP contribution in [0.2, 0.25) is 0 Å². The lowest BCUT2D eigenvalue weighted by molar-refractivity contribution is 0.0527. The van der Waals surface area contributed by atoms with Crippen molar-refractivity contribution in [2.45, 2.75) is 38.5 Å². The number of carbonyl (C=O) groups excluding carboxylic acids is 2. The molecule has 2 aromatic rings. The fraction of sp³-hybridized carbons (Fsp3) is 0.391. The van der Waals surface area contributed by atoms with Crippen molar-refractivity contribution in [3.8, 4) is 0 Å². The molecule has 0 aliphatic carbocycles. The zero-order valence-electron chi connectivity index (χ0n) is 18.1. The van der Waals surface area contributed by atoms with Gasteiger partial charge in [0.1, 0.15) is 0 Å². The number of ether oxygens (including phenoxy) is 1. The van der Waals surface area contributed by atoms with E-state index in [1.807, 2.05) is 0 Å². The average Bonchev–Trinajstić information content (AvgIpc) is 2.74. The van der Waals surface area contributed by atoms with Crippen LogP contribution in [0.4, 0.5) is 5.69 Å². The molecule has 0 aromatic heterocycles. The Bertz CT molecular complexity index is 1070. The molecule has 166 valence electrons. The maximum atomic E-state index is 13.1. The Morgan fingerprint density at radius 1 is 1.10 bits per heavy atom. The number of rotatable bonds is 6.